The van der Waals surface area contributed by atoms with Crippen LogP contribution in [0.5, 0.6) is 0 Å². The molecule has 0 aromatic rings. The molecule has 0 N–H and O–H groups in total. The van der Waals surface area contributed by atoms with E-state index in [1.54, 1.807) is 6.21 Å². The third-order valence-electron chi connectivity index (χ3n) is 1.35. The Kier molecular flexibility index (Phi) is 2.83. The van der Waals surface area contributed by atoms with Crippen molar-refractivity contribution in [1.82, 2.24) is 0 Å². The second-order valence-electron chi connectivity index (χ2n) is 2.10. The van der Waals surface area contributed by atoms with Gasteiger partial charge in [0.05, 0.1) is 6.54 Å². The van der Waals surface area contributed by atoms with E-state index in [0.717, 1.165) is 12.2 Å². The van der Waals surface area contributed by atoms with E-state index in [1.165, 1.54) is 0 Å². The van der Waals surface area contributed by atoms with Crippen molar-refractivity contribution in [2.75, 3.05) is 13.2 Å². The monoisotopic (exact) mass is 152 g/mol. The smallest absolute Gasteiger partial charge is 0.235 e. The lowest BCUT2D eigenvalue weighted by molar-refractivity contribution is 0.347. The molecule has 0 fully saturated rings. The summed E-state index contributed by atoms with van der Waals surface area (Å²) >= 11 is 0. The van der Waals surface area contributed by atoms with E-state index < -0.39 is 0 Å². The van der Waals surface area contributed by atoms with Crippen LogP contribution in [-0.2, 0) is 4.74 Å². The van der Waals surface area contributed by atoms with E-state index in [2.05, 4.69) is 9.98 Å². The second-order valence-corrected chi connectivity index (χ2v) is 2.10. The highest BCUT2D eigenvalue weighted by molar-refractivity contribution is 5.95. The fraction of sp³-hybridized carbons (Fsp3) is 0.500. The lowest BCUT2D eigenvalue weighted by atomic mass is 10.4. The second kappa shape index (κ2) is 3.91. The molecular formula is C8H12N2O. The molecule has 0 radical (unpaired) electrons. The highest BCUT2D eigenvalue weighted by atomic mass is 16.5. The van der Waals surface area contributed by atoms with Gasteiger partial charge < -0.3 is 4.74 Å². The molecule has 1 aliphatic heterocycles. The van der Waals surface area contributed by atoms with Crippen LogP contribution in [0.1, 0.15) is 13.8 Å². The zero-order valence-corrected chi connectivity index (χ0v) is 6.87. The third kappa shape index (κ3) is 1.90. The molecule has 3 heteroatoms. The maximum Gasteiger partial charge on any atom is 0.235 e. The first-order chi connectivity index (χ1) is 5.38. The summed E-state index contributed by atoms with van der Waals surface area (Å²) in [5.74, 6) is 0.672. The molecule has 0 spiro atoms. The highest BCUT2D eigenvalue weighted by Crippen LogP contribution is 2.06. The van der Waals surface area contributed by atoms with Crippen molar-refractivity contribution < 1.29 is 4.74 Å². The fourth-order valence-electron chi connectivity index (χ4n) is 0.882. The molecule has 1 heterocycles. The zero-order chi connectivity index (χ0) is 8.10. The Bertz CT molecular complexity index is 216. The number of ether oxygens (including phenoxy) is 1. The maximum absolute atomic E-state index is 5.23. The summed E-state index contributed by atoms with van der Waals surface area (Å²) in [6.07, 6.45) is 3.63. The molecule has 1 aliphatic rings. The van der Waals surface area contributed by atoms with Crippen LogP contribution in [0, 0.1) is 0 Å². The Hall–Kier alpha value is -1.12. The lowest BCUT2D eigenvalue weighted by Crippen LogP contribution is -2.00. The van der Waals surface area contributed by atoms with Crippen LogP contribution in [0.3, 0.4) is 0 Å². The third-order valence-corrected chi connectivity index (χ3v) is 1.35. The molecule has 0 amide bonds. The molecule has 0 aromatic carbocycles. The fourth-order valence-corrected chi connectivity index (χ4v) is 0.882. The van der Waals surface area contributed by atoms with Crippen molar-refractivity contribution in [3.8, 4) is 0 Å². The number of aliphatic imine (C=N–C) groups is 2. The SMILES string of the molecule is CC=N/C(=C\C)C1=NCCO1. The first kappa shape index (κ1) is 7.98. The molecule has 0 aromatic heterocycles. The highest BCUT2D eigenvalue weighted by Gasteiger charge is 2.10. The first-order valence-corrected chi connectivity index (χ1v) is 3.71. The van der Waals surface area contributed by atoms with Crippen molar-refractivity contribution in [2.24, 2.45) is 9.98 Å². The van der Waals surface area contributed by atoms with Crippen molar-refractivity contribution in [2.45, 2.75) is 13.8 Å². The molecule has 0 atom stereocenters. The van der Waals surface area contributed by atoms with Crippen LogP contribution in [0.2, 0.25) is 0 Å². The van der Waals surface area contributed by atoms with Gasteiger partial charge in [-0.3, -0.25) is 4.99 Å². The van der Waals surface area contributed by atoms with E-state index in [1.807, 2.05) is 19.9 Å². The van der Waals surface area contributed by atoms with Crippen LogP contribution in [0.15, 0.2) is 21.8 Å². The molecule has 1 rings (SSSR count). The Morgan fingerprint density at radius 1 is 1.64 bits per heavy atom. The number of rotatable bonds is 2. The van der Waals surface area contributed by atoms with Gasteiger partial charge in [0.15, 0.2) is 0 Å². The van der Waals surface area contributed by atoms with E-state index in [-0.39, 0.29) is 0 Å². The standard InChI is InChI=1S/C8H12N2O/c1-3-7(9-4-2)8-10-5-6-11-8/h3-4H,5-6H2,1-2H3/b7-3-,9-4?. The van der Waals surface area contributed by atoms with Gasteiger partial charge in [-0.05, 0) is 13.8 Å². The van der Waals surface area contributed by atoms with Crippen molar-refractivity contribution in [3.05, 3.63) is 11.8 Å². The number of hydrogen-bond donors (Lipinski definition) is 0. The van der Waals surface area contributed by atoms with Crippen LogP contribution < -0.4 is 0 Å². The molecular weight excluding hydrogens is 140 g/mol. The van der Waals surface area contributed by atoms with Gasteiger partial charge in [0.2, 0.25) is 5.90 Å². The van der Waals surface area contributed by atoms with Gasteiger partial charge in [0.25, 0.3) is 0 Å². The topological polar surface area (TPSA) is 34.0 Å². The molecule has 0 bridgehead atoms. The number of hydrogen-bond acceptors (Lipinski definition) is 3. The number of allylic oxidation sites excluding steroid dienone is 1. The summed E-state index contributed by atoms with van der Waals surface area (Å²) in [4.78, 5) is 8.24. The summed E-state index contributed by atoms with van der Waals surface area (Å²) in [5.41, 5.74) is 0.824. The van der Waals surface area contributed by atoms with Gasteiger partial charge in [-0.1, -0.05) is 6.08 Å². The first-order valence-electron chi connectivity index (χ1n) is 3.71. The minimum atomic E-state index is 0.672. The minimum absolute atomic E-state index is 0.672. The molecule has 0 saturated carbocycles. The van der Waals surface area contributed by atoms with Gasteiger partial charge in [-0.15, -0.1) is 0 Å². The molecule has 0 aliphatic carbocycles. The van der Waals surface area contributed by atoms with Gasteiger partial charge >= 0.3 is 0 Å². The average Bonchev–Trinajstić information content (AvgIpc) is 2.52. The molecule has 0 unspecified atom stereocenters. The van der Waals surface area contributed by atoms with Gasteiger partial charge in [-0.25, -0.2) is 4.99 Å². The maximum atomic E-state index is 5.23. The summed E-state index contributed by atoms with van der Waals surface area (Å²) < 4.78 is 5.23. The van der Waals surface area contributed by atoms with E-state index in [4.69, 9.17) is 4.74 Å². The van der Waals surface area contributed by atoms with Gasteiger partial charge in [0.1, 0.15) is 12.3 Å². The van der Waals surface area contributed by atoms with Crippen LogP contribution in [0.25, 0.3) is 0 Å². The van der Waals surface area contributed by atoms with E-state index >= 15 is 0 Å². The lowest BCUT2D eigenvalue weighted by Gasteiger charge is -1.99. The summed E-state index contributed by atoms with van der Waals surface area (Å²) in [5, 5.41) is 0. The van der Waals surface area contributed by atoms with Crippen molar-refractivity contribution >= 4 is 12.1 Å². The van der Waals surface area contributed by atoms with Crippen LogP contribution >= 0.6 is 0 Å². The minimum Gasteiger partial charge on any atom is -0.474 e. The largest absolute Gasteiger partial charge is 0.474 e. The Balaban J connectivity index is 2.70. The zero-order valence-electron chi connectivity index (χ0n) is 6.87. The summed E-state index contributed by atoms with van der Waals surface area (Å²) in [6.45, 7) is 5.24. The normalized spacial score (nSPS) is 18.7. The van der Waals surface area contributed by atoms with E-state index in [9.17, 15) is 0 Å². The molecule has 11 heavy (non-hydrogen) atoms. The van der Waals surface area contributed by atoms with Crippen molar-refractivity contribution in [3.63, 3.8) is 0 Å². The molecule has 3 nitrogen and oxygen atoms in total. The van der Waals surface area contributed by atoms with Gasteiger partial charge in [-0.2, -0.15) is 0 Å². The predicted molar refractivity (Wildman–Crippen MR) is 46.2 cm³/mol. The van der Waals surface area contributed by atoms with Crippen molar-refractivity contribution in [1.29, 1.82) is 0 Å². The molecule has 60 valence electrons. The molecule has 0 saturated heterocycles. The Labute approximate surface area is 66.5 Å². The average molecular weight is 152 g/mol. The quantitative estimate of drug-likeness (QED) is 0.551. The Morgan fingerprint density at radius 3 is 2.91 bits per heavy atom. The predicted octanol–water partition coefficient (Wildman–Crippen LogP) is 1.41. The van der Waals surface area contributed by atoms with Crippen LogP contribution in [-0.4, -0.2) is 25.3 Å². The van der Waals surface area contributed by atoms with Crippen LogP contribution in [0.4, 0.5) is 0 Å². The summed E-state index contributed by atoms with van der Waals surface area (Å²) in [7, 11) is 0. The Morgan fingerprint density at radius 2 is 2.45 bits per heavy atom. The summed E-state index contributed by atoms with van der Waals surface area (Å²) in [6, 6.07) is 0. The number of nitrogens with zero attached hydrogens (tertiary/aromatic N) is 2. The van der Waals surface area contributed by atoms with E-state index in [0.29, 0.717) is 12.5 Å². The van der Waals surface area contributed by atoms with Gasteiger partial charge in [0, 0.05) is 6.21 Å².